The Morgan fingerprint density at radius 3 is 1.85 bits per heavy atom. The summed E-state index contributed by atoms with van der Waals surface area (Å²) in [5.41, 5.74) is 3.62. The minimum Gasteiger partial charge on any atom is -1.00 e. The molecule has 0 N–H and O–H groups in total. The molecule has 4 atom stereocenters. The maximum Gasteiger partial charge on any atom is -1.00 e. The van der Waals surface area contributed by atoms with Crippen molar-refractivity contribution in [2.45, 2.75) is 45.8 Å². The fourth-order valence-corrected chi connectivity index (χ4v) is 12.4. The molecule has 4 rings (SSSR count). The van der Waals surface area contributed by atoms with E-state index in [-0.39, 0.29) is 2.85 Å². The van der Waals surface area contributed by atoms with Gasteiger partial charge in [-0.2, -0.15) is 0 Å². The monoisotopic (exact) mass is 344 g/mol. The fourth-order valence-electron chi connectivity index (χ4n) is 4.87. The van der Waals surface area contributed by atoms with Crippen molar-refractivity contribution >= 4 is 4.21 Å². The van der Waals surface area contributed by atoms with Crippen LogP contribution in [0, 0.1) is 11.8 Å². The summed E-state index contributed by atoms with van der Waals surface area (Å²) in [5.74, 6) is 1.78. The molecule has 0 aromatic heterocycles. The first-order chi connectivity index (χ1) is 9.84. The molecule has 0 aromatic carbocycles. The molecule has 0 radical (unpaired) electrons. The summed E-state index contributed by atoms with van der Waals surface area (Å²) < 4.78 is 6.75. The van der Waals surface area contributed by atoms with E-state index >= 15 is 0 Å². The van der Waals surface area contributed by atoms with E-state index in [1.165, 1.54) is 38.5 Å². The Labute approximate surface area is 133 Å². The van der Waals surface area contributed by atoms with Crippen molar-refractivity contribution in [3.05, 3.63) is 47.6 Å². The van der Waals surface area contributed by atoms with Crippen LogP contribution in [0.25, 0.3) is 0 Å². The standard InChI is InChI=1S/2C9H11.CH2.Zr.2H/c2*1-2-5-9-7-3-6-8(9)4-1;;;;/h2*1-2,4,6,9H,3,5,7H2;1H2;;;/q;;;+2;2*-1. The van der Waals surface area contributed by atoms with Crippen LogP contribution in [0.1, 0.15) is 41.4 Å². The van der Waals surface area contributed by atoms with E-state index in [0.717, 1.165) is 19.1 Å². The first kappa shape index (κ1) is 13.4. The van der Waals surface area contributed by atoms with Gasteiger partial charge in [0.1, 0.15) is 0 Å². The molecule has 0 aliphatic heterocycles. The average molecular weight is 346 g/mol. The molecule has 0 aromatic rings. The van der Waals surface area contributed by atoms with Crippen molar-refractivity contribution in [2.24, 2.45) is 11.8 Å². The van der Waals surface area contributed by atoms with Crippen LogP contribution in [0.3, 0.4) is 0 Å². The zero-order valence-electron chi connectivity index (χ0n) is 14.2. The Hall–Kier alpha value is -0.287. The topological polar surface area (TPSA) is 0 Å². The van der Waals surface area contributed by atoms with Gasteiger partial charge in [-0.25, -0.2) is 0 Å². The van der Waals surface area contributed by atoms with E-state index in [1.807, 2.05) is 11.1 Å². The Kier molecular flexibility index (Phi) is 3.67. The normalized spacial score (nSPS) is 37.8. The Bertz CT molecular complexity index is 508. The van der Waals surface area contributed by atoms with Gasteiger partial charge in [0.15, 0.2) is 0 Å². The molecule has 4 aliphatic carbocycles. The van der Waals surface area contributed by atoms with E-state index in [0.29, 0.717) is 0 Å². The van der Waals surface area contributed by atoms with Gasteiger partial charge in [-0.1, -0.05) is 0 Å². The zero-order valence-corrected chi connectivity index (χ0v) is 14.7. The molecule has 0 saturated heterocycles. The van der Waals surface area contributed by atoms with E-state index < -0.39 is 21.3 Å². The largest absolute Gasteiger partial charge is 1.00 e. The molecule has 4 aliphatic rings. The van der Waals surface area contributed by atoms with Gasteiger partial charge >= 0.3 is 131 Å². The van der Waals surface area contributed by atoms with Crippen molar-refractivity contribution in [1.82, 2.24) is 0 Å². The summed E-state index contributed by atoms with van der Waals surface area (Å²) in [6, 6.07) is 0. The average Bonchev–Trinajstić information content (AvgIpc) is 3.11. The van der Waals surface area contributed by atoms with Crippen LogP contribution in [0.4, 0.5) is 0 Å². The molecule has 0 spiro atoms. The van der Waals surface area contributed by atoms with Crippen LogP contribution in [-0.4, -0.2) is 4.21 Å². The van der Waals surface area contributed by atoms with E-state index in [2.05, 4.69) is 36.5 Å². The Morgan fingerprint density at radius 1 is 0.850 bits per heavy atom. The van der Waals surface area contributed by atoms with E-state index in [4.69, 9.17) is 4.21 Å². The Balaban J connectivity index is 0.000000882. The zero-order chi connectivity index (χ0) is 13.5. The molecule has 4 unspecified atom stereocenters. The van der Waals surface area contributed by atoms with Crippen molar-refractivity contribution in [3.63, 3.8) is 0 Å². The summed E-state index contributed by atoms with van der Waals surface area (Å²) in [6.07, 6.45) is 22.7. The first-order valence-electron chi connectivity index (χ1n) is 8.26. The van der Waals surface area contributed by atoms with Gasteiger partial charge in [-0.05, 0) is 0 Å². The smallest absolute Gasteiger partial charge is 1.00 e. The number of hydrogen-bond donors (Lipinski definition) is 0. The summed E-state index contributed by atoms with van der Waals surface area (Å²) in [4.78, 5) is 0. The summed E-state index contributed by atoms with van der Waals surface area (Å²) >= 11 is -1.59. The van der Waals surface area contributed by atoms with Gasteiger partial charge in [0.25, 0.3) is 0 Å². The molecule has 0 nitrogen and oxygen atoms in total. The molecular formula is C19H26Zr. The van der Waals surface area contributed by atoms with E-state index in [9.17, 15) is 0 Å². The summed E-state index contributed by atoms with van der Waals surface area (Å²) in [7, 11) is 0. The van der Waals surface area contributed by atoms with Crippen molar-refractivity contribution < 1.29 is 24.1 Å². The second kappa shape index (κ2) is 5.49. The third kappa shape index (κ3) is 2.17. The third-order valence-corrected chi connectivity index (χ3v) is 13.4. The predicted octanol–water partition coefficient (Wildman–Crippen LogP) is 5.43. The van der Waals surface area contributed by atoms with Gasteiger partial charge in [0.2, 0.25) is 0 Å². The third-order valence-electron chi connectivity index (χ3n) is 5.94. The van der Waals surface area contributed by atoms with Crippen LogP contribution in [0.5, 0.6) is 0 Å². The summed E-state index contributed by atoms with van der Waals surface area (Å²) in [6.45, 7) is 0. The number of rotatable bonds is 2. The van der Waals surface area contributed by atoms with Gasteiger partial charge < -0.3 is 2.85 Å². The molecule has 106 valence electrons. The molecule has 0 bridgehead atoms. The van der Waals surface area contributed by atoms with E-state index in [1.54, 1.807) is 0 Å². The molecule has 2 fully saturated rings. The van der Waals surface area contributed by atoms with Crippen molar-refractivity contribution in [3.8, 4) is 0 Å². The van der Waals surface area contributed by atoms with Gasteiger partial charge in [-0.3, -0.25) is 0 Å². The second-order valence-electron chi connectivity index (χ2n) is 6.89. The maximum absolute atomic E-state index is 4.85. The molecule has 0 heterocycles. The molecule has 20 heavy (non-hydrogen) atoms. The minimum absolute atomic E-state index is 0. The van der Waals surface area contributed by atoms with Crippen molar-refractivity contribution in [2.75, 3.05) is 0 Å². The molecular weight excluding hydrogens is 319 g/mol. The minimum atomic E-state index is -1.59. The van der Waals surface area contributed by atoms with Gasteiger partial charge in [0, 0.05) is 0 Å². The first-order valence-corrected chi connectivity index (χ1v) is 12.8. The van der Waals surface area contributed by atoms with Crippen LogP contribution in [0.15, 0.2) is 47.6 Å². The van der Waals surface area contributed by atoms with Crippen LogP contribution < -0.4 is 0 Å². The quantitative estimate of drug-likeness (QED) is 0.626. The maximum atomic E-state index is 4.85. The second-order valence-corrected chi connectivity index (χ2v) is 13.1. The van der Waals surface area contributed by atoms with Crippen LogP contribution in [-0.2, 0) is 21.3 Å². The number of fused-ring (bicyclic) bond motifs is 2. The van der Waals surface area contributed by atoms with Crippen LogP contribution >= 0.6 is 0 Å². The van der Waals surface area contributed by atoms with Crippen molar-refractivity contribution in [1.29, 1.82) is 0 Å². The van der Waals surface area contributed by atoms with Crippen LogP contribution in [0.2, 0.25) is 7.25 Å². The summed E-state index contributed by atoms with van der Waals surface area (Å²) in [5, 5.41) is 0. The molecule has 0 amide bonds. The fraction of sp³-hybridized carbons (Fsp3) is 0.526. The van der Waals surface area contributed by atoms with Gasteiger partial charge in [-0.15, -0.1) is 0 Å². The number of hydrogen-bond acceptors (Lipinski definition) is 0. The SMILES string of the molecule is [CH2]=[Zr+2]([CH]1CCC2CC=CC=C21)[CH]1CCC2CC=CC=C21.[H-].[H-]. The van der Waals surface area contributed by atoms with Gasteiger partial charge in [0.05, 0.1) is 0 Å². The molecule has 1 heteroatoms. The predicted molar refractivity (Wildman–Crippen MR) is 86.0 cm³/mol. The Morgan fingerprint density at radius 2 is 1.35 bits per heavy atom. The number of allylic oxidation sites excluding steroid dienone is 8. The molecule has 2 saturated carbocycles.